The average molecular weight is 499 g/mol. The molecule has 180 valence electrons. The molecule has 0 unspecified atom stereocenters. The molecule has 0 atom stereocenters. The van der Waals surface area contributed by atoms with Crippen LogP contribution in [0.2, 0.25) is 0 Å². The number of carbonyl (C=O) groups excluding carboxylic acids is 1. The number of aromatic nitrogens is 1. The zero-order chi connectivity index (χ0) is 24.3. The molecule has 3 aromatic carbocycles. The minimum absolute atomic E-state index is 0.0229. The van der Waals surface area contributed by atoms with Gasteiger partial charge in [-0.1, -0.05) is 30.3 Å². The largest absolute Gasteiger partial charge is 0.482 e. The van der Waals surface area contributed by atoms with Crippen molar-refractivity contribution in [1.82, 2.24) is 4.68 Å². The van der Waals surface area contributed by atoms with Gasteiger partial charge >= 0.3 is 0 Å². The summed E-state index contributed by atoms with van der Waals surface area (Å²) in [5.41, 5.74) is 4.51. The second kappa shape index (κ2) is 9.71. The molecule has 2 aliphatic rings. The zero-order valence-corrected chi connectivity index (χ0v) is 20.0. The van der Waals surface area contributed by atoms with Crippen molar-refractivity contribution < 1.29 is 19.0 Å². The number of carbonyl (C=O) groups is 1. The first-order chi connectivity index (χ1) is 17.7. The maximum atomic E-state index is 11.8. The Morgan fingerprint density at radius 3 is 2.75 bits per heavy atom. The van der Waals surface area contributed by atoms with Crippen LogP contribution in [0.1, 0.15) is 11.1 Å². The number of benzene rings is 3. The van der Waals surface area contributed by atoms with Gasteiger partial charge in [-0.25, -0.2) is 4.68 Å². The van der Waals surface area contributed by atoms with E-state index >= 15 is 0 Å². The van der Waals surface area contributed by atoms with E-state index in [0.717, 1.165) is 33.8 Å². The molecule has 36 heavy (non-hydrogen) atoms. The minimum Gasteiger partial charge on any atom is -0.482 e. The molecule has 1 amide bonds. The number of rotatable bonds is 6. The SMILES string of the molecule is O=C1COc2ccc(-c3csc(=NCCc4ccccc4)n3N=Cc3ccc4c(c3)OCO4)cc2N1. The highest BCUT2D eigenvalue weighted by Gasteiger charge is 2.18. The van der Waals surface area contributed by atoms with Gasteiger partial charge in [0.1, 0.15) is 5.75 Å². The summed E-state index contributed by atoms with van der Waals surface area (Å²) in [5, 5.41) is 9.68. The molecular weight excluding hydrogens is 476 g/mol. The van der Waals surface area contributed by atoms with Crippen molar-refractivity contribution in [2.24, 2.45) is 10.1 Å². The van der Waals surface area contributed by atoms with Crippen LogP contribution in [0.5, 0.6) is 17.2 Å². The first-order valence-electron chi connectivity index (χ1n) is 11.5. The quantitative estimate of drug-likeness (QED) is 0.402. The Labute approximate surface area is 211 Å². The number of hydrogen-bond donors (Lipinski definition) is 1. The average Bonchev–Trinajstić information content (AvgIpc) is 3.54. The van der Waals surface area contributed by atoms with Gasteiger partial charge in [-0.05, 0) is 53.9 Å². The van der Waals surface area contributed by atoms with Crippen molar-refractivity contribution in [3.05, 3.63) is 88.0 Å². The number of anilines is 1. The van der Waals surface area contributed by atoms with Gasteiger partial charge in [0.15, 0.2) is 18.1 Å². The molecular formula is C27H22N4O4S. The topological polar surface area (TPSA) is 86.4 Å². The van der Waals surface area contributed by atoms with Crippen LogP contribution in [0.4, 0.5) is 5.69 Å². The normalized spacial score (nSPS) is 14.6. The van der Waals surface area contributed by atoms with Gasteiger partial charge < -0.3 is 19.5 Å². The lowest BCUT2D eigenvalue weighted by Crippen LogP contribution is -2.25. The number of hydrogen-bond acceptors (Lipinski definition) is 7. The fourth-order valence-electron chi connectivity index (χ4n) is 4.00. The first-order valence-corrected chi connectivity index (χ1v) is 12.4. The maximum absolute atomic E-state index is 11.8. The van der Waals surface area contributed by atoms with Crippen LogP contribution in [0.3, 0.4) is 0 Å². The fourth-order valence-corrected chi connectivity index (χ4v) is 4.87. The molecule has 0 aliphatic carbocycles. The van der Waals surface area contributed by atoms with Gasteiger partial charge in [-0.2, -0.15) is 5.10 Å². The molecule has 4 aromatic rings. The van der Waals surface area contributed by atoms with Gasteiger partial charge in [0.05, 0.1) is 17.6 Å². The van der Waals surface area contributed by atoms with Gasteiger partial charge in [0.25, 0.3) is 5.91 Å². The smallest absolute Gasteiger partial charge is 0.262 e. The molecule has 1 N–H and O–H groups in total. The summed E-state index contributed by atoms with van der Waals surface area (Å²) >= 11 is 1.52. The van der Waals surface area contributed by atoms with Crippen LogP contribution < -0.4 is 24.3 Å². The van der Waals surface area contributed by atoms with Gasteiger partial charge in [0.2, 0.25) is 11.6 Å². The molecule has 3 heterocycles. The van der Waals surface area contributed by atoms with Crippen molar-refractivity contribution in [3.8, 4) is 28.5 Å². The van der Waals surface area contributed by atoms with E-state index in [9.17, 15) is 4.79 Å². The van der Waals surface area contributed by atoms with E-state index < -0.39 is 0 Å². The Morgan fingerprint density at radius 2 is 1.83 bits per heavy atom. The Balaban J connectivity index is 1.36. The molecule has 0 saturated heterocycles. The third-order valence-electron chi connectivity index (χ3n) is 5.80. The summed E-state index contributed by atoms with van der Waals surface area (Å²) in [5.74, 6) is 1.91. The van der Waals surface area contributed by atoms with Crippen molar-refractivity contribution in [3.63, 3.8) is 0 Å². The van der Waals surface area contributed by atoms with E-state index in [1.807, 2.05) is 64.7 Å². The number of amides is 1. The van der Waals surface area contributed by atoms with Crippen LogP contribution >= 0.6 is 11.3 Å². The van der Waals surface area contributed by atoms with Crippen LogP contribution in [0.15, 0.2) is 82.2 Å². The molecule has 0 fully saturated rings. The van der Waals surface area contributed by atoms with Crippen molar-refractivity contribution in [2.75, 3.05) is 25.3 Å². The summed E-state index contributed by atoms with van der Waals surface area (Å²) in [6.45, 7) is 0.884. The second-order valence-electron chi connectivity index (χ2n) is 8.24. The highest BCUT2D eigenvalue weighted by molar-refractivity contribution is 7.07. The van der Waals surface area contributed by atoms with E-state index in [1.54, 1.807) is 6.21 Å². The number of nitrogens with zero attached hydrogens (tertiary/aromatic N) is 3. The predicted octanol–water partition coefficient (Wildman–Crippen LogP) is 4.30. The lowest BCUT2D eigenvalue weighted by atomic mass is 10.1. The van der Waals surface area contributed by atoms with Crippen molar-refractivity contribution in [2.45, 2.75) is 6.42 Å². The van der Waals surface area contributed by atoms with Gasteiger partial charge in [0, 0.05) is 17.5 Å². The summed E-state index contributed by atoms with van der Waals surface area (Å²) in [7, 11) is 0. The third-order valence-corrected chi connectivity index (χ3v) is 6.66. The van der Waals surface area contributed by atoms with Crippen LogP contribution in [0, 0.1) is 0 Å². The number of ether oxygens (including phenoxy) is 3. The summed E-state index contributed by atoms with van der Waals surface area (Å²) in [6.07, 6.45) is 2.61. The highest BCUT2D eigenvalue weighted by Crippen LogP contribution is 2.34. The standard InChI is InChI=1S/C27H22N4O4S/c32-26-15-33-23-9-7-20(13-21(23)30-26)22-16-36-27(28-11-10-18-4-2-1-3-5-18)31(22)29-14-19-6-8-24-25(12-19)35-17-34-24/h1-9,12-14,16H,10-11,15,17H2,(H,30,32). The maximum Gasteiger partial charge on any atom is 0.262 e. The van der Waals surface area contributed by atoms with Gasteiger partial charge in [-0.3, -0.25) is 9.79 Å². The third kappa shape index (κ3) is 4.60. The van der Waals surface area contributed by atoms with E-state index in [4.69, 9.17) is 24.3 Å². The minimum atomic E-state index is -0.171. The molecule has 1 aromatic heterocycles. The van der Waals surface area contributed by atoms with E-state index in [-0.39, 0.29) is 19.3 Å². The van der Waals surface area contributed by atoms with Gasteiger partial charge in [-0.15, -0.1) is 11.3 Å². The Hall–Kier alpha value is -4.37. The molecule has 0 spiro atoms. The lowest BCUT2D eigenvalue weighted by molar-refractivity contribution is -0.118. The van der Waals surface area contributed by atoms with Crippen molar-refractivity contribution >= 4 is 29.1 Å². The van der Waals surface area contributed by atoms with Crippen molar-refractivity contribution in [1.29, 1.82) is 0 Å². The Morgan fingerprint density at radius 1 is 0.972 bits per heavy atom. The molecule has 2 aliphatic heterocycles. The first kappa shape index (κ1) is 22.1. The molecule has 0 radical (unpaired) electrons. The summed E-state index contributed by atoms with van der Waals surface area (Å²) < 4.78 is 18.2. The monoisotopic (exact) mass is 498 g/mol. The fraction of sp³-hybridized carbons (Fsp3) is 0.148. The van der Waals surface area contributed by atoms with Crippen LogP contribution in [-0.4, -0.2) is 36.7 Å². The molecule has 0 saturated carbocycles. The molecule has 9 heteroatoms. The lowest BCUT2D eigenvalue weighted by Gasteiger charge is -2.18. The molecule has 8 nitrogen and oxygen atoms in total. The number of fused-ring (bicyclic) bond motifs is 2. The van der Waals surface area contributed by atoms with E-state index in [0.29, 0.717) is 23.7 Å². The Kier molecular flexibility index (Phi) is 5.96. The second-order valence-corrected chi connectivity index (χ2v) is 9.07. The number of thiazole rings is 1. The summed E-state index contributed by atoms with van der Waals surface area (Å²) in [6, 6.07) is 21.7. The zero-order valence-electron chi connectivity index (χ0n) is 19.2. The van der Waals surface area contributed by atoms with Crippen LogP contribution in [0.25, 0.3) is 11.3 Å². The molecule has 0 bridgehead atoms. The highest BCUT2D eigenvalue weighted by atomic mass is 32.1. The predicted molar refractivity (Wildman–Crippen MR) is 138 cm³/mol. The summed E-state index contributed by atoms with van der Waals surface area (Å²) in [4.78, 5) is 17.4. The molecule has 6 rings (SSSR count). The van der Waals surface area contributed by atoms with E-state index in [1.165, 1.54) is 16.9 Å². The number of nitrogens with one attached hydrogen (secondary N) is 1. The van der Waals surface area contributed by atoms with Crippen LogP contribution in [-0.2, 0) is 11.2 Å². The van der Waals surface area contributed by atoms with E-state index in [2.05, 4.69) is 17.4 Å². The Bertz CT molecular complexity index is 1520.